The molecule has 3 nitrogen and oxygen atoms in total. The number of hydrogen-bond donors (Lipinski definition) is 1. The Labute approximate surface area is 75.9 Å². The van der Waals surface area contributed by atoms with Gasteiger partial charge in [-0.15, -0.1) is 0 Å². The predicted molar refractivity (Wildman–Crippen MR) is 47.4 cm³/mol. The van der Waals surface area contributed by atoms with Gasteiger partial charge in [0.15, 0.2) is 5.75 Å². The van der Waals surface area contributed by atoms with Crippen molar-refractivity contribution in [3.8, 4) is 11.6 Å². The summed E-state index contributed by atoms with van der Waals surface area (Å²) >= 11 is 0. The SMILES string of the molecule is Oc1ccc[n+](-c2ccccn2)c1. The topological polar surface area (TPSA) is 37.0 Å². The molecule has 0 radical (unpaired) electrons. The van der Waals surface area contributed by atoms with Gasteiger partial charge >= 0.3 is 5.82 Å². The first-order valence-corrected chi connectivity index (χ1v) is 3.98. The molecule has 0 aliphatic rings. The van der Waals surface area contributed by atoms with E-state index in [9.17, 15) is 5.11 Å². The third-order valence-corrected chi connectivity index (χ3v) is 1.70. The van der Waals surface area contributed by atoms with Crippen LogP contribution in [0.15, 0.2) is 48.9 Å². The van der Waals surface area contributed by atoms with Gasteiger partial charge in [0.05, 0.1) is 6.20 Å². The number of nitrogens with zero attached hydrogens (tertiary/aromatic N) is 2. The Morgan fingerprint density at radius 2 is 2.08 bits per heavy atom. The fourth-order valence-corrected chi connectivity index (χ4v) is 1.11. The second-order valence-corrected chi connectivity index (χ2v) is 2.66. The van der Waals surface area contributed by atoms with E-state index in [1.165, 1.54) is 0 Å². The molecule has 1 N–H and O–H groups in total. The van der Waals surface area contributed by atoms with E-state index in [4.69, 9.17) is 0 Å². The van der Waals surface area contributed by atoms with Crippen molar-refractivity contribution in [3.63, 3.8) is 0 Å². The molecule has 0 aliphatic heterocycles. The van der Waals surface area contributed by atoms with Gasteiger partial charge in [-0.25, -0.2) is 0 Å². The third-order valence-electron chi connectivity index (χ3n) is 1.70. The molecule has 13 heavy (non-hydrogen) atoms. The first-order valence-electron chi connectivity index (χ1n) is 3.98. The van der Waals surface area contributed by atoms with Gasteiger partial charge < -0.3 is 5.11 Å². The van der Waals surface area contributed by atoms with Crippen molar-refractivity contribution in [2.75, 3.05) is 0 Å². The van der Waals surface area contributed by atoms with Crippen LogP contribution in [0.3, 0.4) is 0 Å². The Bertz CT molecular complexity index is 401. The highest BCUT2D eigenvalue weighted by Crippen LogP contribution is 2.02. The molecule has 0 fully saturated rings. The van der Waals surface area contributed by atoms with E-state index in [1.807, 2.05) is 24.4 Å². The maximum absolute atomic E-state index is 9.23. The molecular formula is C10H9N2O+. The Kier molecular flexibility index (Phi) is 1.92. The van der Waals surface area contributed by atoms with Crippen LogP contribution in [0.4, 0.5) is 0 Å². The molecule has 3 heteroatoms. The molecule has 2 heterocycles. The third kappa shape index (κ3) is 1.64. The van der Waals surface area contributed by atoms with Crippen molar-refractivity contribution < 1.29 is 9.67 Å². The van der Waals surface area contributed by atoms with E-state index < -0.39 is 0 Å². The van der Waals surface area contributed by atoms with Crippen molar-refractivity contribution in [2.24, 2.45) is 0 Å². The molecule has 0 saturated heterocycles. The second-order valence-electron chi connectivity index (χ2n) is 2.66. The zero-order valence-corrected chi connectivity index (χ0v) is 6.96. The summed E-state index contributed by atoms with van der Waals surface area (Å²) in [5.41, 5.74) is 0. The van der Waals surface area contributed by atoms with Crippen LogP contribution in [-0.2, 0) is 0 Å². The van der Waals surface area contributed by atoms with Crippen LogP contribution in [0.5, 0.6) is 5.75 Å². The largest absolute Gasteiger partial charge is 0.504 e. The summed E-state index contributed by atoms with van der Waals surface area (Å²) in [4.78, 5) is 4.14. The summed E-state index contributed by atoms with van der Waals surface area (Å²) in [6, 6.07) is 9.02. The monoisotopic (exact) mass is 173 g/mol. The van der Waals surface area contributed by atoms with Crippen molar-refractivity contribution in [2.45, 2.75) is 0 Å². The van der Waals surface area contributed by atoms with E-state index in [-0.39, 0.29) is 5.75 Å². The van der Waals surface area contributed by atoms with Crippen LogP contribution in [-0.4, -0.2) is 10.1 Å². The van der Waals surface area contributed by atoms with Crippen LogP contribution < -0.4 is 4.57 Å². The molecule has 0 aliphatic carbocycles. The lowest BCUT2D eigenvalue weighted by Gasteiger charge is -1.94. The number of aromatic nitrogens is 2. The molecule has 0 aromatic carbocycles. The van der Waals surface area contributed by atoms with E-state index >= 15 is 0 Å². The van der Waals surface area contributed by atoms with Gasteiger partial charge in [-0.05, 0) is 23.2 Å². The molecule has 0 saturated carbocycles. The lowest BCUT2D eigenvalue weighted by atomic mass is 10.4. The molecule has 2 rings (SSSR count). The van der Waals surface area contributed by atoms with E-state index in [0.29, 0.717) is 0 Å². The van der Waals surface area contributed by atoms with E-state index in [2.05, 4.69) is 4.98 Å². The summed E-state index contributed by atoms with van der Waals surface area (Å²) in [6.45, 7) is 0. The molecule has 0 bridgehead atoms. The molecule has 0 unspecified atom stereocenters. The Balaban J connectivity index is 2.48. The number of aromatic hydroxyl groups is 1. The van der Waals surface area contributed by atoms with Gasteiger partial charge in [-0.1, -0.05) is 6.07 Å². The second kappa shape index (κ2) is 3.23. The van der Waals surface area contributed by atoms with Crippen molar-refractivity contribution in [1.82, 2.24) is 4.98 Å². The first kappa shape index (κ1) is 7.73. The van der Waals surface area contributed by atoms with E-state index in [1.54, 1.807) is 29.1 Å². The van der Waals surface area contributed by atoms with Crippen LogP contribution in [0.25, 0.3) is 5.82 Å². The predicted octanol–water partition coefficient (Wildman–Crippen LogP) is 1.06. The highest BCUT2D eigenvalue weighted by Gasteiger charge is 2.04. The molecule has 0 amide bonds. The quantitative estimate of drug-likeness (QED) is 0.655. The molecule has 64 valence electrons. The Hall–Kier alpha value is -1.90. The minimum absolute atomic E-state index is 0.230. The molecule has 0 spiro atoms. The minimum atomic E-state index is 0.230. The van der Waals surface area contributed by atoms with Crippen LogP contribution >= 0.6 is 0 Å². The fourth-order valence-electron chi connectivity index (χ4n) is 1.11. The maximum atomic E-state index is 9.23. The lowest BCUT2D eigenvalue weighted by Crippen LogP contribution is -2.30. The highest BCUT2D eigenvalue weighted by atomic mass is 16.3. The zero-order chi connectivity index (χ0) is 9.10. The van der Waals surface area contributed by atoms with Gasteiger partial charge in [0.1, 0.15) is 12.4 Å². The number of pyridine rings is 2. The summed E-state index contributed by atoms with van der Waals surface area (Å²) in [6.07, 6.45) is 5.16. The average molecular weight is 173 g/mol. The smallest absolute Gasteiger partial charge is 0.327 e. The molecule has 0 atom stereocenters. The van der Waals surface area contributed by atoms with Crippen molar-refractivity contribution in [1.29, 1.82) is 0 Å². The number of rotatable bonds is 1. The Morgan fingerprint density at radius 1 is 1.15 bits per heavy atom. The van der Waals surface area contributed by atoms with E-state index in [0.717, 1.165) is 5.82 Å². The summed E-state index contributed by atoms with van der Waals surface area (Å²) < 4.78 is 1.76. The highest BCUT2D eigenvalue weighted by molar-refractivity contribution is 5.14. The van der Waals surface area contributed by atoms with Gasteiger partial charge in [0.2, 0.25) is 0 Å². The lowest BCUT2D eigenvalue weighted by molar-refractivity contribution is -0.600. The molecular weight excluding hydrogens is 164 g/mol. The minimum Gasteiger partial charge on any atom is -0.504 e. The van der Waals surface area contributed by atoms with Crippen molar-refractivity contribution in [3.05, 3.63) is 48.9 Å². The molecule has 2 aromatic heterocycles. The zero-order valence-electron chi connectivity index (χ0n) is 6.96. The van der Waals surface area contributed by atoms with Gasteiger partial charge in [-0.3, -0.25) is 0 Å². The van der Waals surface area contributed by atoms with Crippen LogP contribution in [0, 0.1) is 0 Å². The molecule has 2 aromatic rings. The fraction of sp³-hybridized carbons (Fsp3) is 0. The van der Waals surface area contributed by atoms with Gasteiger partial charge in [0.25, 0.3) is 0 Å². The maximum Gasteiger partial charge on any atom is 0.327 e. The first-order chi connectivity index (χ1) is 6.36. The number of hydrogen-bond acceptors (Lipinski definition) is 2. The average Bonchev–Trinajstić information content (AvgIpc) is 2.19. The summed E-state index contributed by atoms with van der Waals surface area (Å²) in [5.74, 6) is 1.02. The normalized spacial score (nSPS) is 9.85. The van der Waals surface area contributed by atoms with Crippen LogP contribution in [0.1, 0.15) is 0 Å². The summed E-state index contributed by atoms with van der Waals surface area (Å²) in [7, 11) is 0. The Morgan fingerprint density at radius 3 is 2.77 bits per heavy atom. The summed E-state index contributed by atoms with van der Waals surface area (Å²) in [5, 5.41) is 9.23. The van der Waals surface area contributed by atoms with Gasteiger partial charge in [-0.2, -0.15) is 4.57 Å². The van der Waals surface area contributed by atoms with Crippen molar-refractivity contribution >= 4 is 0 Å². The van der Waals surface area contributed by atoms with Gasteiger partial charge in [0, 0.05) is 6.07 Å². The van der Waals surface area contributed by atoms with Crippen LogP contribution in [0.2, 0.25) is 0 Å². The standard InChI is InChI=1S/C10H8N2O/c13-9-4-3-7-12(8-9)10-5-1-2-6-11-10/h1-8H/p+1.